The molecule has 4 rings (SSSR count). The number of alkyl carbamates (subject to hydrolysis) is 1. The molecule has 4 N–H and O–H groups in total. The number of aliphatic hydroxyl groups is 1. The molecule has 0 spiro atoms. The van der Waals surface area contributed by atoms with E-state index in [2.05, 4.69) is 10.3 Å². The Balaban J connectivity index is 1.32. The Morgan fingerprint density at radius 2 is 2.00 bits per heavy atom. The highest BCUT2D eigenvalue weighted by Gasteiger charge is 2.44. The number of likely N-dealkylation sites (tertiary alicyclic amines) is 1. The van der Waals surface area contributed by atoms with Gasteiger partial charge in [0.15, 0.2) is 0 Å². The first-order chi connectivity index (χ1) is 19.8. The zero-order valence-electron chi connectivity index (χ0n) is 25.2. The normalized spacial score (nSPS) is 18.0. The van der Waals surface area contributed by atoms with Gasteiger partial charge in [-0.25, -0.2) is 14.6 Å². The van der Waals surface area contributed by atoms with Gasteiger partial charge in [-0.05, 0) is 77.9 Å². The van der Waals surface area contributed by atoms with Crippen molar-refractivity contribution in [1.29, 1.82) is 0 Å². The summed E-state index contributed by atoms with van der Waals surface area (Å²) in [6.45, 7) is 9.49. The molecule has 3 aliphatic rings. The number of carbonyl (C=O) groups excluding carboxylic acids is 3. The number of amidine groups is 1. The third kappa shape index (κ3) is 8.70. The van der Waals surface area contributed by atoms with Crippen LogP contribution in [-0.2, 0) is 20.7 Å². The third-order valence-corrected chi connectivity index (χ3v) is 8.58. The summed E-state index contributed by atoms with van der Waals surface area (Å²) in [7, 11) is 0. The average molecular weight is 604 g/mol. The molecule has 0 radical (unpaired) electrons. The first-order valence-corrected chi connectivity index (χ1v) is 15.8. The first-order valence-electron chi connectivity index (χ1n) is 14.9. The number of hydrogen-bond donors (Lipinski definition) is 3. The quantitative estimate of drug-likeness (QED) is 0.319. The number of β-amino-alcohol motifs (C(OH)–C–C–N with tert-alkyl or cyclic N) is 1. The van der Waals surface area contributed by atoms with E-state index in [1.807, 2.05) is 39.8 Å². The standard InChI is InChI=1S/C30H45N5O6S/c1-5-13-34(14-7-12-32-27(37)40-21-8-6-9-21)26(36)20-15-24-23(33-25(31)16-20)17-22(42-24)10-11-30(39)18-35(19-30)28(38)41-29(2,3)4/h15,17,21,39H,5-14,16,18-19H2,1-4H3,(H2,31,33)(H,32,37). The number of nitrogens with two attached hydrogens (primary N) is 1. The summed E-state index contributed by atoms with van der Waals surface area (Å²) in [4.78, 5) is 47.5. The molecule has 11 nitrogen and oxygen atoms in total. The maximum Gasteiger partial charge on any atom is 0.410 e. The smallest absolute Gasteiger partial charge is 0.410 e. The molecule has 1 aliphatic carbocycles. The van der Waals surface area contributed by atoms with Crippen LogP contribution < -0.4 is 11.1 Å². The molecule has 1 saturated carbocycles. The van der Waals surface area contributed by atoms with E-state index < -0.39 is 23.4 Å². The lowest BCUT2D eigenvalue weighted by molar-refractivity contribution is -0.127. The number of nitrogens with zero attached hydrogens (tertiary/aromatic N) is 3. The number of nitrogens with one attached hydrogen (secondary N) is 1. The molecule has 1 aromatic heterocycles. The molecular weight excluding hydrogens is 558 g/mol. The largest absolute Gasteiger partial charge is 0.446 e. The van der Waals surface area contributed by atoms with Crippen molar-refractivity contribution >= 4 is 47.0 Å². The second kappa shape index (κ2) is 13.5. The van der Waals surface area contributed by atoms with Crippen LogP contribution in [0.4, 0.5) is 15.3 Å². The molecule has 3 heterocycles. The second-order valence-corrected chi connectivity index (χ2v) is 13.7. The van der Waals surface area contributed by atoms with Crippen molar-refractivity contribution in [2.75, 3.05) is 32.7 Å². The van der Waals surface area contributed by atoms with E-state index in [0.717, 1.165) is 41.1 Å². The van der Waals surface area contributed by atoms with Gasteiger partial charge in [0.25, 0.3) is 0 Å². The van der Waals surface area contributed by atoms with Crippen LogP contribution in [0.2, 0.25) is 0 Å². The van der Waals surface area contributed by atoms with Crippen molar-refractivity contribution in [2.45, 2.75) is 96.4 Å². The highest BCUT2D eigenvalue weighted by molar-refractivity contribution is 7.13. The van der Waals surface area contributed by atoms with E-state index in [9.17, 15) is 19.5 Å². The van der Waals surface area contributed by atoms with Crippen LogP contribution >= 0.6 is 11.3 Å². The molecule has 0 unspecified atom stereocenters. The van der Waals surface area contributed by atoms with Gasteiger partial charge in [-0.3, -0.25) is 4.79 Å². The van der Waals surface area contributed by atoms with Crippen molar-refractivity contribution < 1.29 is 29.0 Å². The number of ether oxygens (including phenoxy) is 2. The number of hydrogen-bond acceptors (Lipinski definition) is 9. The summed E-state index contributed by atoms with van der Waals surface area (Å²) in [6, 6.07) is 1.96. The van der Waals surface area contributed by atoms with Gasteiger partial charge in [-0.1, -0.05) is 6.92 Å². The fourth-order valence-electron chi connectivity index (χ4n) is 5.06. The van der Waals surface area contributed by atoms with Crippen LogP contribution in [0.5, 0.6) is 0 Å². The number of amides is 3. The minimum Gasteiger partial charge on any atom is -0.446 e. The minimum absolute atomic E-state index is 0.0395. The van der Waals surface area contributed by atoms with E-state index in [0.29, 0.717) is 50.3 Å². The van der Waals surface area contributed by atoms with Gasteiger partial charge in [-0.2, -0.15) is 0 Å². The molecule has 0 aromatic carbocycles. The highest BCUT2D eigenvalue weighted by atomic mass is 32.1. The fraction of sp³-hybridized carbons (Fsp3) is 0.667. The summed E-state index contributed by atoms with van der Waals surface area (Å²) in [5.41, 5.74) is 6.00. The summed E-state index contributed by atoms with van der Waals surface area (Å²) in [5, 5.41) is 13.7. The van der Waals surface area contributed by atoms with Gasteiger partial charge < -0.3 is 35.4 Å². The van der Waals surface area contributed by atoms with Crippen molar-refractivity contribution in [3.8, 4) is 0 Å². The number of carbonyl (C=O) groups is 3. The third-order valence-electron chi connectivity index (χ3n) is 7.45. The van der Waals surface area contributed by atoms with Crippen molar-refractivity contribution in [2.24, 2.45) is 10.7 Å². The van der Waals surface area contributed by atoms with Gasteiger partial charge in [0.2, 0.25) is 5.91 Å². The molecule has 0 atom stereocenters. The van der Waals surface area contributed by atoms with E-state index in [1.54, 1.807) is 4.90 Å². The Morgan fingerprint density at radius 3 is 2.64 bits per heavy atom. The minimum atomic E-state index is -0.957. The zero-order chi connectivity index (χ0) is 30.5. The molecule has 2 aliphatic heterocycles. The van der Waals surface area contributed by atoms with Gasteiger partial charge >= 0.3 is 12.2 Å². The number of thiophene rings is 1. The van der Waals surface area contributed by atoms with Gasteiger partial charge in [0, 0.05) is 36.5 Å². The average Bonchev–Trinajstić information content (AvgIpc) is 3.16. The van der Waals surface area contributed by atoms with E-state index in [1.165, 1.54) is 16.2 Å². The van der Waals surface area contributed by atoms with E-state index >= 15 is 0 Å². The topological polar surface area (TPSA) is 147 Å². The summed E-state index contributed by atoms with van der Waals surface area (Å²) >= 11 is 1.54. The Hall–Kier alpha value is -3.12. The molecule has 2 fully saturated rings. The van der Waals surface area contributed by atoms with Crippen LogP contribution in [0.1, 0.15) is 82.4 Å². The maximum atomic E-state index is 13.6. The second-order valence-electron chi connectivity index (χ2n) is 12.5. The highest BCUT2D eigenvalue weighted by Crippen LogP contribution is 2.37. The van der Waals surface area contributed by atoms with Crippen LogP contribution in [0, 0.1) is 0 Å². The zero-order valence-corrected chi connectivity index (χ0v) is 26.1. The predicted octanol–water partition coefficient (Wildman–Crippen LogP) is 4.35. The molecule has 42 heavy (non-hydrogen) atoms. The Bertz CT molecular complexity index is 1210. The lowest BCUT2D eigenvalue weighted by Crippen LogP contribution is -2.64. The number of aryl methyl sites for hydroxylation is 1. The Kier molecular flexibility index (Phi) is 10.2. The molecule has 1 saturated heterocycles. The molecule has 1 aromatic rings. The molecule has 232 valence electrons. The van der Waals surface area contributed by atoms with Crippen molar-refractivity contribution in [1.82, 2.24) is 15.1 Å². The van der Waals surface area contributed by atoms with Crippen LogP contribution in [-0.4, -0.2) is 88.9 Å². The van der Waals surface area contributed by atoms with E-state index in [4.69, 9.17) is 15.2 Å². The number of aliphatic imine (C=N–C) groups is 1. The van der Waals surface area contributed by atoms with Crippen molar-refractivity contribution in [3.63, 3.8) is 0 Å². The summed E-state index contributed by atoms with van der Waals surface area (Å²) < 4.78 is 10.7. The first kappa shape index (κ1) is 31.8. The van der Waals surface area contributed by atoms with Crippen molar-refractivity contribution in [3.05, 3.63) is 21.4 Å². The van der Waals surface area contributed by atoms with Crippen LogP contribution in [0.15, 0.2) is 16.6 Å². The van der Waals surface area contributed by atoms with E-state index in [-0.39, 0.29) is 31.5 Å². The Labute approximate surface area is 252 Å². The lowest BCUT2D eigenvalue weighted by atomic mass is 9.89. The van der Waals surface area contributed by atoms with Gasteiger partial charge in [0.1, 0.15) is 23.1 Å². The molecular formula is C30H45N5O6S. The summed E-state index contributed by atoms with van der Waals surface area (Å²) in [6.07, 6.45) is 6.87. The van der Waals surface area contributed by atoms with Gasteiger partial charge in [-0.15, -0.1) is 11.3 Å². The van der Waals surface area contributed by atoms with Crippen LogP contribution in [0.25, 0.3) is 6.08 Å². The SMILES string of the molecule is CCCN(CCCNC(=O)OC1CCC1)C(=O)C1=Cc2sc(CCC3(O)CN(C(=O)OC(C)(C)C)C3)cc2N=C(N)C1. The van der Waals surface area contributed by atoms with Crippen LogP contribution in [0.3, 0.4) is 0 Å². The molecule has 0 bridgehead atoms. The predicted molar refractivity (Wildman–Crippen MR) is 163 cm³/mol. The number of fused-ring (bicyclic) bond motifs is 1. The number of rotatable bonds is 11. The molecule has 3 amide bonds. The maximum absolute atomic E-state index is 13.6. The molecule has 12 heteroatoms. The monoisotopic (exact) mass is 603 g/mol. The Morgan fingerprint density at radius 1 is 1.26 bits per heavy atom. The fourth-order valence-corrected chi connectivity index (χ4v) is 6.13. The summed E-state index contributed by atoms with van der Waals surface area (Å²) in [5.74, 6) is 0.293. The van der Waals surface area contributed by atoms with Gasteiger partial charge in [0.05, 0.1) is 23.7 Å². The lowest BCUT2D eigenvalue weighted by Gasteiger charge is -2.46.